The lowest BCUT2D eigenvalue weighted by atomic mass is 10.2. The molecule has 0 aliphatic carbocycles. The van der Waals surface area contributed by atoms with E-state index in [-0.39, 0.29) is 27.7 Å². The SMILES string of the molecule is Cc1noc(C)c1S(=O)(=O)Cc1cc(N2CCOC[C@@H]2C)nc(Cl)n1. The molecule has 25 heavy (non-hydrogen) atoms. The maximum Gasteiger partial charge on any atom is 0.224 e. The quantitative estimate of drug-likeness (QED) is 0.735. The van der Waals surface area contributed by atoms with Crippen LogP contribution < -0.4 is 4.90 Å². The van der Waals surface area contributed by atoms with Gasteiger partial charge in [0.25, 0.3) is 0 Å². The Morgan fingerprint density at radius 3 is 2.76 bits per heavy atom. The third-order valence-electron chi connectivity index (χ3n) is 4.02. The minimum absolute atomic E-state index is 0.0140. The summed E-state index contributed by atoms with van der Waals surface area (Å²) in [7, 11) is -3.66. The Kier molecular flexibility index (Phi) is 4.99. The summed E-state index contributed by atoms with van der Waals surface area (Å²) in [6.45, 7) is 6.99. The predicted octanol–water partition coefficient (Wildman–Crippen LogP) is 1.93. The Balaban J connectivity index is 1.93. The summed E-state index contributed by atoms with van der Waals surface area (Å²) in [4.78, 5) is 10.4. The molecule has 0 radical (unpaired) electrons. The van der Waals surface area contributed by atoms with E-state index in [4.69, 9.17) is 20.9 Å². The van der Waals surface area contributed by atoms with Crippen molar-refractivity contribution < 1.29 is 17.7 Å². The molecule has 1 atom stereocenters. The number of halogens is 1. The number of anilines is 1. The number of aryl methyl sites for hydroxylation is 2. The molecule has 0 N–H and O–H groups in total. The van der Waals surface area contributed by atoms with Crippen LogP contribution in [0, 0.1) is 13.8 Å². The van der Waals surface area contributed by atoms with E-state index >= 15 is 0 Å². The second-order valence-electron chi connectivity index (χ2n) is 6.02. The molecule has 0 bridgehead atoms. The minimum Gasteiger partial charge on any atom is -0.377 e. The van der Waals surface area contributed by atoms with Crippen LogP contribution in [0.2, 0.25) is 5.28 Å². The summed E-state index contributed by atoms with van der Waals surface area (Å²) in [6, 6.07) is 1.77. The number of nitrogens with zero attached hydrogens (tertiary/aromatic N) is 4. The van der Waals surface area contributed by atoms with Crippen LogP contribution in [0.5, 0.6) is 0 Å². The van der Waals surface area contributed by atoms with Crippen molar-refractivity contribution in [2.75, 3.05) is 24.7 Å². The first-order chi connectivity index (χ1) is 11.8. The summed E-state index contributed by atoms with van der Waals surface area (Å²) >= 11 is 6.03. The van der Waals surface area contributed by atoms with Crippen molar-refractivity contribution in [1.29, 1.82) is 0 Å². The van der Waals surface area contributed by atoms with Crippen molar-refractivity contribution >= 4 is 27.3 Å². The van der Waals surface area contributed by atoms with E-state index in [1.807, 2.05) is 11.8 Å². The maximum absolute atomic E-state index is 12.7. The molecule has 1 aliphatic rings. The average Bonchev–Trinajstić information content (AvgIpc) is 2.86. The second-order valence-corrected chi connectivity index (χ2v) is 8.28. The molecule has 0 spiro atoms. The highest BCUT2D eigenvalue weighted by Gasteiger charge is 2.27. The van der Waals surface area contributed by atoms with Gasteiger partial charge in [-0.25, -0.2) is 18.4 Å². The fourth-order valence-electron chi connectivity index (χ4n) is 2.93. The van der Waals surface area contributed by atoms with Crippen LogP contribution in [0.3, 0.4) is 0 Å². The minimum atomic E-state index is -3.66. The van der Waals surface area contributed by atoms with Gasteiger partial charge in [-0.2, -0.15) is 0 Å². The number of ether oxygens (including phenoxy) is 1. The molecule has 2 aromatic heterocycles. The van der Waals surface area contributed by atoms with Crippen LogP contribution in [-0.2, 0) is 20.3 Å². The Labute approximate surface area is 151 Å². The van der Waals surface area contributed by atoms with E-state index in [1.165, 1.54) is 0 Å². The standard InChI is InChI=1S/C15H19ClN4O4S/c1-9-7-23-5-4-20(9)13-6-12(17-15(16)18-13)8-25(21,22)14-10(2)19-24-11(14)3/h6,9H,4-5,7-8H2,1-3H3/t9-/m0/s1. The van der Waals surface area contributed by atoms with Gasteiger partial charge in [-0.3, -0.25) is 0 Å². The molecule has 1 fully saturated rings. The van der Waals surface area contributed by atoms with Gasteiger partial charge in [0.05, 0.1) is 36.4 Å². The molecule has 0 amide bonds. The van der Waals surface area contributed by atoms with E-state index in [2.05, 4.69) is 15.1 Å². The van der Waals surface area contributed by atoms with Crippen molar-refractivity contribution in [1.82, 2.24) is 15.1 Å². The smallest absolute Gasteiger partial charge is 0.224 e. The molecule has 1 saturated heterocycles. The molecule has 0 unspecified atom stereocenters. The monoisotopic (exact) mass is 386 g/mol. The second kappa shape index (κ2) is 6.89. The molecule has 0 saturated carbocycles. The highest BCUT2D eigenvalue weighted by Crippen LogP contribution is 2.25. The molecule has 3 heterocycles. The van der Waals surface area contributed by atoms with Gasteiger partial charge in [0.2, 0.25) is 5.28 Å². The van der Waals surface area contributed by atoms with Crippen molar-refractivity contribution in [3.05, 3.63) is 28.5 Å². The predicted molar refractivity (Wildman–Crippen MR) is 91.5 cm³/mol. The van der Waals surface area contributed by atoms with Crippen LogP contribution in [-0.4, -0.2) is 49.3 Å². The molecular weight excluding hydrogens is 368 g/mol. The normalized spacial score (nSPS) is 18.6. The van der Waals surface area contributed by atoms with Crippen molar-refractivity contribution in [3.8, 4) is 0 Å². The summed E-state index contributed by atoms with van der Waals surface area (Å²) in [6.07, 6.45) is 0. The molecule has 3 rings (SSSR count). The van der Waals surface area contributed by atoms with Gasteiger partial charge in [-0.1, -0.05) is 5.16 Å². The maximum atomic E-state index is 12.7. The highest BCUT2D eigenvalue weighted by atomic mass is 35.5. The topological polar surface area (TPSA) is 98.4 Å². The zero-order valence-corrected chi connectivity index (χ0v) is 15.8. The summed E-state index contributed by atoms with van der Waals surface area (Å²) in [5, 5.41) is 3.72. The van der Waals surface area contributed by atoms with Crippen LogP contribution in [0.25, 0.3) is 0 Å². The molecule has 136 valence electrons. The van der Waals surface area contributed by atoms with Gasteiger partial charge in [0.1, 0.15) is 10.7 Å². The number of sulfone groups is 1. The number of rotatable bonds is 4. The first-order valence-corrected chi connectivity index (χ1v) is 9.84. The first-order valence-electron chi connectivity index (χ1n) is 7.81. The Morgan fingerprint density at radius 1 is 1.36 bits per heavy atom. The molecular formula is C15H19ClN4O4S. The number of hydrogen-bond acceptors (Lipinski definition) is 8. The Bertz CT molecular complexity index is 864. The third kappa shape index (κ3) is 3.78. The lowest BCUT2D eigenvalue weighted by molar-refractivity contribution is 0.0985. The van der Waals surface area contributed by atoms with Gasteiger partial charge in [0.15, 0.2) is 15.6 Å². The van der Waals surface area contributed by atoms with E-state index in [9.17, 15) is 8.42 Å². The van der Waals surface area contributed by atoms with Crippen molar-refractivity contribution in [2.45, 2.75) is 37.5 Å². The van der Waals surface area contributed by atoms with Crippen molar-refractivity contribution in [3.63, 3.8) is 0 Å². The average molecular weight is 387 g/mol. The number of hydrogen-bond donors (Lipinski definition) is 0. The van der Waals surface area contributed by atoms with Crippen LogP contribution in [0.1, 0.15) is 24.1 Å². The summed E-state index contributed by atoms with van der Waals surface area (Å²) in [5.74, 6) is 0.559. The lowest BCUT2D eigenvalue weighted by Gasteiger charge is -2.34. The van der Waals surface area contributed by atoms with Crippen molar-refractivity contribution in [2.24, 2.45) is 0 Å². The summed E-state index contributed by atoms with van der Waals surface area (Å²) < 4.78 is 35.8. The van der Waals surface area contributed by atoms with Gasteiger partial charge in [-0.05, 0) is 32.4 Å². The Hall–Kier alpha value is -1.71. The van der Waals surface area contributed by atoms with Crippen LogP contribution >= 0.6 is 11.6 Å². The number of aromatic nitrogens is 3. The fourth-order valence-corrected chi connectivity index (χ4v) is 4.76. The first kappa shape index (κ1) is 18.1. The summed E-state index contributed by atoms with van der Waals surface area (Å²) in [5.41, 5.74) is 0.661. The fraction of sp³-hybridized carbons (Fsp3) is 0.533. The molecule has 0 aromatic carbocycles. The van der Waals surface area contributed by atoms with Gasteiger partial charge < -0.3 is 14.2 Å². The molecule has 10 heteroatoms. The van der Waals surface area contributed by atoms with E-state index < -0.39 is 9.84 Å². The highest BCUT2D eigenvalue weighted by molar-refractivity contribution is 7.90. The van der Waals surface area contributed by atoms with Gasteiger partial charge >= 0.3 is 0 Å². The lowest BCUT2D eigenvalue weighted by Crippen LogP contribution is -2.44. The van der Waals surface area contributed by atoms with Gasteiger partial charge in [0, 0.05) is 12.6 Å². The Morgan fingerprint density at radius 2 is 2.12 bits per heavy atom. The van der Waals surface area contributed by atoms with Crippen LogP contribution in [0.4, 0.5) is 5.82 Å². The molecule has 1 aliphatic heterocycles. The van der Waals surface area contributed by atoms with E-state index in [0.29, 0.717) is 37.0 Å². The zero-order chi connectivity index (χ0) is 18.2. The van der Waals surface area contributed by atoms with E-state index in [1.54, 1.807) is 19.9 Å². The van der Waals surface area contributed by atoms with E-state index in [0.717, 1.165) is 0 Å². The third-order valence-corrected chi connectivity index (χ3v) is 6.07. The zero-order valence-electron chi connectivity index (χ0n) is 14.2. The number of morpholine rings is 1. The largest absolute Gasteiger partial charge is 0.377 e. The molecule has 2 aromatic rings. The van der Waals surface area contributed by atoms with Crippen LogP contribution in [0.15, 0.2) is 15.5 Å². The van der Waals surface area contributed by atoms with Gasteiger partial charge in [-0.15, -0.1) is 0 Å². The molecule has 8 nitrogen and oxygen atoms in total.